The monoisotopic (exact) mass is 267 g/mol. The van der Waals surface area contributed by atoms with Gasteiger partial charge in [-0.3, -0.25) is 0 Å². The molecule has 0 atom stereocenters. The van der Waals surface area contributed by atoms with Crippen molar-refractivity contribution in [3.8, 4) is 12.1 Å². The van der Waals surface area contributed by atoms with Crippen LogP contribution < -0.4 is 5.73 Å². The van der Waals surface area contributed by atoms with Gasteiger partial charge in [-0.25, -0.2) is 0 Å². The van der Waals surface area contributed by atoms with Crippen molar-refractivity contribution in [3.63, 3.8) is 0 Å². The molecule has 1 aliphatic rings. The van der Waals surface area contributed by atoms with Gasteiger partial charge in [-0.2, -0.15) is 10.5 Å². The second-order valence-electron chi connectivity index (χ2n) is 4.32. The lowest BCUT2D eigenvalue weighted by molar-refractivity contribution is 1.05. The first kappa shape index (κ1) is 13.1. The van der Waals surface area contributed by atoms with E-state index in [1.807, 2.05) is 41.8 Å². The summed E-state index contributed by atoms with van der Waals surface area (Å²) < 4.78 is 0. The van der Waals surface area contributed by atoms with Crippen LogP contribution in [0.3, 0.4) is 0 Å². The molecule has 1 fully saturated rings. The second-order valence-corrected chi connectivity index (χ2v) is 5.30. The summed E-state index contributed by atoms with van der Waals surface area (Å²) in [5, 5.41) is 19.6. The average Bonchev–Trinajstić information content (AvgIpc) is 3.12. The molecule has 0 bridgehead atoms. The van der Waals surface area contributed by atoms with Crippen molar-refractivity contribution < 1.29 is 0 Å². The van der Waals surface area contributed by atoms with Gasteiger partial charge in [-0.05, 0) is 47.9 Å². The van der Waals surface area contributed by atoms with Crippen LogP contribution in [0.2, 0.25) is 0 Å². The van der Waals surface area contributed by atoms with E-state index >= 15 is 0 Å². The van der Waals surface area contributed by atoms with Gasteiger partial charge in [-0.1, -0.05) is 12.1 Å². The first-order valence-corrected chi connectivity index (χ1v) is 6.85. The van der Waals surface area contributed by atoms with E-state index in [0.29, 0.717) is 5.92 Å². The minimum Gasteiger partial charge on any atom is -0.397 e. The summed E-state index contributed by atoms with van der Waals surface area (Å²) in [6.07, 6.45) is 8.11. The molecule has 1 saturated carbocycles. The molecule has 0 aromatic carbocycles. The third-order valence-electron chi connectivity index (χ3n) is 2.87. The number of thiophene rings is 1. The Bertz CT molecular complexity index is 601. The molecule has 0 spiro atoms. The largest absolute Gasteiger partial charge is 0.397 e. The topological polar surface area (TPSA) is 73.6 Å². The predicted molar refractivity (Wildman–Crippen MR) is 76.6 cm³/mol. The Hall–Kier alpha value is -2.30. The lowest BCUT2D eigenvalue weighted by atomic mass is 10.1. The fraction of sp³-hybridized carbons (Fsp3) is 0.200. The van der Waals surface area contributed by atoms with Gasteiger partial charge in [-0.15, -0.1) is 11.3 Å². The molecule has 3 nitrogen and oxygen atoms in total. The maximum atomic E-state index is 8.79. The molecular formula is C15H13N3S. The molecule has 1 heterocycles. The molecule has 0 amide bonds. The van der Waals surface area contributed by atoms with E-state index in [1.54, 1.807) is 17.4 Å². The number of allylic oxidation sites excluding steroid dienone is 4. The molecular weight excluding hydrogens is 254 g/mol. The molecule has 19 heavy (non-hydrogen) atoms. The number of nitrogens with zero attached hydrogens (tertiary/aromatic N) is 2. The van der Waals surface area contributed by atoms with E-state index in [2.05, 4.69) is 0 Å². The highest BCUT2D eigenvalue weighted by atomic mass is 32.1. The van der Waals surface area contributed by atoms with E-state index in [1.165, 1.54) is 4.88 Å². The van der Waals surface area contributed by atoms with Gasteiger partial charge in [0.2, 0.25) is 0 Å². The Kier molecular flexibility index (Phi) is 4.18. The van der Waals surface area contributed by atoms with Gasteiger partial charge in [0.1, 0.15) is 12.1 Å². The van der Waals surface area contributed by atoms with Crippen LogP contribution in [-0.2, 0) is 0 Å². The first-order valence-electron chi connectivity index (χ1n) is 5.97. The number of hydrogen-bond acceptors (Lipinski definition) is 4. The van der Waals surface area contributed by atoms with E-state index < -0.39 is 0 Å². The maximum absolute atomic E-state index is 8.79. The number of nitriles is 2. The summed E-state index contributed by atoms with van der Waals surface area (Å²) >= 11 is 1.67. The lowest BCUT2D eigenvalue weighted by Crippen LogP contribution is -1.99. The van der Waals surface area contributed by atoms with Crippen molar-refractivity contribution in [2.45, 2.75) is 12.8 Å². The molecule has 0 aliphatic heterocycles. The van der Waals surface area contributed by atoms with Crippen LogP contribution in [0.4, 0.5) is 0 Å². The second kappa shape index (κ2) is 6.04. The molecule has 4 heteroatoms. The van der Waals surface area contributed by atoms with Gasteiger partial charge in [0, 0.05) is 4.88 Å². The van der Waals surface area contributed by atoms with E-state index in [-0.39, 0.29) is 11.3 Å². The van der Waals surface area contributed by atoms with Gasteiger partial charge in [0.15, 0.2) is 5.57 Å². The van der Waals surface area contributed by atoms with Crippen LogP contribution >= 0.6 is 11.3 Å². The van der Waals surface area contributed by atoms with Gasteiger partial charge >= 0.3 is 0 Å². The Morgan fingerprint density at radius 3 is 2.63 bits per heavy atom. The van der Waals surface area contributed by atoms with Crippen molar-refractivity contribution in [1.29, 1.82) is 10.5 Å². The first-order chi connectivity index (χ1) is 9.24. The maximum Gasteiger partial charge on any atom is 0.152 e. The van der Waals surface area contributed by atoms with Gasteiger partial charge < -0.3 is 5.73 Å². The molecule has 1 aromatic heterocycles. The lowest BCUT2D eigenvalue weighted by Gasteiger charge is -2.00. The van der Waals surface area contributed by atoms with Crippen molar-refractivity contribution in [2.24, 2.45) is 11.7 Å². The van der Waals surface area contributed by atoms with Crippen molar-refractivity contribution in [2.75, 3.05) is 0 Å². The van der Waals surface area contributed by atoms with Crippen LogP contribution in [-0.4, -0.2) is 0 Å². The zero-order chi connectivity index (χ0) is 13.7. The summed E-state index contributed by atoms with van der Waals surface area (Å²) in [7, 11) is 0. The zero-order valence-electron chi connectivity index (χ0n) is 10.3. The summed E-state index contributed by atoms with van der Waals surface area (Å²) in [6, 6.07) is 7.67. The minimum atomic E-state index is -0.0253. The van der Waals surface area contributed by atoms with Crippen LogP contribution in [0.5, 0.6) is 0 Å². The Morgan fingerprint density at radius 2 is 2.11 bits per heavy atom. The van der Waals surface area contributed by atoms with Crippen molar-refractivity contribution in [3.05, 3.63) is 51.4 Å². The quantitative estimate of drug-likeness (QED) is 0.671. The smallest absolute Gasteiger partial charge is 0.152 e. The highest BCUT2D eigenvalue weighted by molar-refractivity contribution is 7.10. The minimum absolute atomic E-state index is 0.0253. The summed E-state index contributed by atoms with van der Waals surface area (Å²) in [5.74, 6) is 0.508. The van der Waals surface area contributed by atoms with Gasteiger partial charge in [0.25, 0.3) is 0 Å². The normalized spacial score (nSPS) is 14.9. The van der Waals surface area contributed by atoms with Crippen molar-refractivity contribution >= 4 is 17.4 Å². The summed E-state index contributed by atoms with van der Waals surface area (Å²) in [6.45, 7) is 0. The fourth-order valence-electron chi connectivity index (χ4n) is 1.69. The third-order valence-corrected chi connectivity index (χ3v) is 3.70. The molecule has 0 radical (unpaired) electrons. The SMILES string of the molecule is N#CC(C#N)=C(N)/C=C(/C=C/c1cccs1)C1CC1. The highest BCUT2D eigenvalue weighted by Crippen LogP contribution is 2.38. The fourth-order valence-corrected chi connectivity index (χ4v) is 2.31. The van der Waals surface area contributed by atoms with Crippen LogP contribution in [0.15, 0.2) is 46.5 Å². The summed E-state index contributed by atoms with van der Waals surface area (Å²) in [4.78, 5) is 1.18. The molecule has 2 rings (SSSR count). The number of hydrogen-bond donors (Lipinski definition) is 1. The summed E-state index contributed by atoms with van der Waals surface area (Å²) in [5.41, 5.74) is 7.10. The number of nitrogens with two attached hydrogens (primary N) is 1. The molecule has 1 aliphatic carbocycles. The molecule has 94 valence electrons. The van der Waals surface area contributed by atoms with E-state index in [0.717, 1.165) is 18.4 Å². The predicted octanol–water partition coefficient (Wildman–Crippen LogP) is 3.36. The van der Waals surface area contributed by atoms with Crippen LogP contribution in [0.1, 0.15) is 17.7 Å². The van der Waals surface area contributed by atoms with Crippen LogP contribution in [0, 0.1) is 28.6 Å². The molecule has 1 aromatic rings. The Morgan fingerprint density at radius 1 is 1.37 bits per heavy atom. The van der Waals surface area contributed by atoms with Gasteiger partial charge in [0.05, 0.1) is 5.70 Å². The highest BCUT2D eigenvalue weighted by Gasteiger charge is 2.24. The van der Waals surface area contributed by atoms with E-state index in [9.17, 15) is 0 Å². The third kappa shape index (κ3) is 3.58. The van der Waals surface area contributed by atoms with E-state index in [4.69, 9.17) is 16.3 Å². The molecule has 2 N–H and O–H groups in total. The number of rotatable bonds is 4. The Labute approximate surface area is 116 Å². The standard InChI is InChI=1S/C15H13N3S/c16-9-13(10-17)15(18)8-12(11-3-4-11)5-6-14-2-1-7-19-14/h1-2,5-8,11H,3-4,18H2/b6-5+,12-8-. The molecule has 0 unspecified atom stereocenters. The van der Waals surface area contributed by atoms with Crippen molar-refractivity contribution in [1.82, 2.24) is 0 Å². The molecule has 0 saturated heterocycles. The average molecular weight is 267 g/mol. The zero-order valence-corrected chi connectivity index (χ0v) is 11.2. The van der Waals surface area contributed by atoms with Crippen LogP contribution in [0.25, 0.3) is 6.08 Å². The Balaban J connectivity index is 2.24.